The quantitative estimate of drug-likeness (QED) is 0.0687. The zero-order chi connectivity index (χ0) is 31.6. The fraction of sp³-hybridized carbons (Fsp3) is 0.917. The summed E-state index contributed by atoms with van der Waals surface area (Å²) >= 11 is 4.08. The first-order chi connectivity index (χ1) is 19.0. The van der Waals surface area contributed by atoms with E-state index < -0.39 is 48.7 Å². The van der Waals surface area contributed by atoms with E-state index in [4.69, 9.17) is 15.2 Å². The average Bonchev–Trinajstić information content (AvgIpc) is 2.88. The zero-order valence-electron chi connectivity index (χ0n) is 22.7. The SMILES string of the molecule is NCCOCCOCCNC(=O)[C@H](CS)NC(=O)CCCCCCCCCCC(F)(F)C(F)(F)C(F)(F)C(F)(F)F. The Balaban J connectivity index is 4.01. The Bertz CT molecular complexity index is 748. The van der Waals surface area contributed by atoms with Crippen molar-refractivity contribution in [3.05, 3.63) is 0 Å². The highest BCUT2D eigenvalue weighted by Crippen LogP contribution is 2.54. The minimum absolute atomic E-state index is 0.0474. The van der Waals surface area contributed by atoms with Crippen LogP contribution in [0.4, 0.5) is 39.5 Å². The van der Waals surface area contributed by atoms with Crippen LogP contribution in [0.1, 0.15) is 64.2 Å². The summed E-state index contributed by atoms with van der Waals surface area (Å²) in [6.07, 6.45) is -5.95. The molecule has 4 N–H and O–H groups in total. The molecule has 0 bridgehead atoms. The molecule has 0 unspecified atom stereocenters. The van der Waals surface area contributed by atoms with Crippen LogP contribution in [-0.2, 0) is 19.1 Å². The Morgan fingerprint density at radius 2 is 1.24 bits per heavy atom. The van der Waals surface area contributed by atoms with Gasteiger partial charge < -0.3 is 25.8 Å². The van der Waals surface area contributed by atoms with Crippen LogP contribution in [0.5, 0.6) is 0 Å². The molecule has 0 aliphatic carbocycles. The lowest BCUT2D eigenvalue weighted by atomic mass is 9.97. The van der Waals surface area contributed by atoms with Crippen molar-refractivity contribution in [2.45, 2.75) is 94.2 Å². The molecule has 0 rings (SSSR count). The second-order valence-electron chi connectivity index (χ2n) is 9.29. The smallest absolute Gasteiger partial charge is 0.378 e. The number of ether oxygens (including phenoxy) is 2. The van der Waals surface area contributed by atoms with Crippen molar-refractivity contribution in [2.75, 3.05) is 45.3 Å². The van der Waals surface area contributed by atoms with Crippen molar-refractivity contribution in [1.82, 2.24) is 10.6 Å². The van der Waals surface area contributed by atoms with E-state index in [1.54, 1.807) is 0 Å². The molecule has 0 aromatic rings. The highest BCUT2D eigenvalue weighted by molar-refractivity contribution is 7.80. The standard InChI is InChI=1S/C24H40F9N3O4S/c25-21(26,22(27,28)23(29,30)24(31,32)33)10-8-6-4-2-1-3-5-7-9-19(37)36-18(17-41)20(38)35-12-14-40-16-15-39-13-11-34/h18,41H,1-17,34H2,(H,35,38)(H,36,37)/t18-/m0/s1. The maximum atomic E-state index is 13.5. The molecule has 1 atom stereocenters. The van der Waals surface area contributed by atoms with Gasteiger partial charge in [0.25, 0.3) is 0 Å². The third kappa shape index (κ3) is 14.5. The molecule has 0 spiro atoms. The monoisotopic (exact) mass is 637 g/mol. The van der Waals surface area contributed by atoms with Crippen molar-refractivity contribution >= 4 is 24.4 Å². The van der Waals surface area contributed by atoms with E-state index in [2.05, 4.69) is 23.3 Å². The van der Waals surface area contributed by atoms with Crippen LogP contribution in [0.25, 0.3) is 0 Å². The van der Waals surface area contributed by atoms with Gasteiger partial charge in [0, 0.05) is 31.7 Å². The van der Waals surface area contributed by atoms with Crippen molar-refractivity contribution in [1.29, 1.82) is 0 Å². The predicted octanol–water partition coefficient (Wildman–Crippen LogP) is 4.88. The van der Waals surface area contributed by atoms with Gasteiger partial charge in [-0.1, -0.05) is 38.5 Å². The number of amides is 2. The van der Waals surface area contributed by atoms with Crippen molar-refractivity contribution in [3.63, 3.8) is 0 Å². The number of thiol groups is 1. The summed E-state index contributed by atoms with van der Waals surface area (Å²) < 4.78 is 126. The summed E-state index contributed by atoms with van der Waals surface area (Å²) in [6.45, 7) is 2.07. The molecule has 244 valence electrons. The highest BCUT2D eigenvalue weighted by Gasteiger charge is 2.81. The normalized spacial score (nSPS) is 13.7. The minimum atomic E-state index is -6.85. The molecule has 41 heavy (non-hydrogen) atoms. The van der Waals surface area contributed by atoms with E-state index >= 15 is 0 Å². The van der Waals surface area contributed by atoms with Gasteiger partial charge in [0.1, 0.15) is 6.04 Å². The highest BCUT2D eigenvalue weighted by atomic mass is 32.1. The Hall–Kier alpha value is -1.46. The lowest BCUT2D eigenvalue weighted by Gasteiger charge is -2.33. The largest absolute Gasteiger partial charge is 0.460 e. The Labute approximate surface area is 239 Å². The second kappa shape index (κ2) is 19.7. The van der Waals surface area contributed by atoms with Gasteiger partial charge in [-0.2, -0.15) is 52.1 Å². The van der Waals surface area contributed by atoms with E-state index in [9.17, 15) is 49.1 Å². The number of rotatable bonds is 24. The van der Waals surface area contributed by atoms with E-state index in [1.807, 2.05) is 0 Å². The van der Waals surface area contributed by atoms with Crippen LogP contribution in [-0.4, -0.2) is 87.1 Å². The van der Waals surface area contributed by atoms with E-state index in [-0.39, 0.29) is 37.7 Å². The number of carbonyl (C=O) groups excluding carboxylic acids is 2. The first-order valence-corrected chi connectivity index (χ1v) is 13.9. The molecule has 0 saturated heterocycles. The second-order valence-corrected chi connectivity index (χ2v) is 9.65. The van der Waals surface area contributed by atoms with Gasteiger partial charge in [-0.25, -0.2) is 0 Å². The Morgan fingerprint density at radius 1 is 0.732 bits per heavy atom. The van der Waals surface area contributed by atoms with Crippen molar-refractivity contribution < 1.29 is 58.6 Å². The van der Waals surface area contributed by atoms with Crippen LogP contribution < -0.4 is 16.4 Å². The van der Waals surface area contributed by atoms with Gasteiger partial charge in [0.2, 0.25) is 11.8 Å². The van der Waals surface area contributed by atoms with Crippen molar-refractivity contribution in [3.8, 4) is 0 Å². The molecule has 0 saturated carbocycles. The molecule has 0 aliphatic rings. The summed E-state index contributed by atoms with van der Waals surface area (Å²) in [7, 11) is 0. The third-order valence-electron chi connectivity index (χ3n) is 5.87. The van der Waals surface area contributed by atoms with E-state index in [1.165, 1.54) is 0 Å². The number of halogens is 9. The molecule has 0 aromatic heterocycles. The number of nitrogens with one attached hydrogen (secondary N) is 2. The fourth-order valence-corrected chi connectivity index (χ4v) is 3.75. The van der Waals surface area contributed by atoms with E-state index in [0.717, 1.165) is 0 Å². The maximum absolute atomic E-state index is 13.5. The first-order valence-electron chi connectivity index (χ1n) is 13.3. The summed E-state index contributed by atoms with van der Waals surface area (Å²) in [5.74, 6) is -19.6. The lowest BCUT2D eigenvalue weighted by molar-refractivity contribution is -0.396. The predicted molar refractivity (Wildman–Crippen MR) is 137 cm³/mol. The summed E-state index contributed by atoms with van der Waals surface area (Å²) in [6, 6.07) is -0.828. The molecular formula is C24H40F9N3O4S. The van der Waals surface area contributed by atoms with Gasteiger partial charge in [-0.15, -0.1) is 0 Å². The number of nitrogens with two attached hydrogens (primary N) is 1. The molecular weight excluding hydrogens is 597 g/mol. The first kappa shape index (κ1) is 39.5. The molecule has 7 nitrogen and oxygen atoms in total. The van der Waals surface area contributed by atoms with Crippen LogP contribution in [0, 0.1) is 0 Å². The van der Waals surface area contributed by atoms with E-state index in [0.29, 0.717) is 64.9 Å². The summed E-state index contributed by atoms with van der Waals surface area (Å²) in [5.41, 5.74) is 5.28. The minimum Gasteiger partial charge on any atom is -0.378 e. The number of hydrogen-bond donors (Lipinski definition) is 4. The number of hydrogen-bond acceptors (Lipinski definition) is 6. The molecule has 0 heterocycles. The van der Waals surface area contributed by atoms with Gasteiger partial charge >= 0.3 is 23.9 Å². The van der Waals surface area contributed by atoms with Crippen LogP contribution in [0.15, 0.2) is 0 Å². The molecule has 0 radical (unpaired) electrons. The number of unbranched alkanes of at least 4 members (excludes halogenated alkanes) is 7. The Morgan fingerprint density at radius 3 is 1.76 bits per heavy atom. The van der Waals surface area contributed by atoms with Crippen LogP contribution in [0.3, 0.4) is 0 Å². The van der Waals surface area contributed by atoms with Gasteiger partial charge in [0.05, 0.1) is 26.4 Å². The van der Waals surface area contributed by atoms with Gasteiger partial charge in [-0.3, -0.25) is 9.59 Å². The number of carbonyl (C=O) groups is 2. The molecule has 0 fully saturated rings. The van der Waals surface area contributed by atoms with Gasteiger partial charge in [0.15, 0.2) is 0 Å². The molecule has 0 aliphatic heterocycles. The van der Waals surface area contributed by atoms with Crippen molar-refractivity contribution in [2.24, 2.45) is 5.73 Å². The molecule has 0 aromatic carbocycles. The third-order valence-corrected chi connectivity index (χ3v) is 6.23. The van der Waals surface area contributed by atoms with Crippen LogP contribution in [0.2, 0.25) is 0 Å². The summed E-state index contributed by atoms with van der Waals surface area (Å²) in [4.78, 5) is 24.3. The fourth-order valence-electron chi connectivity index (χ4n) is 3.49. The summed E-state index contributed by atoms with van der Waals surface area (Å²) in [5, 5.41) is 5.21. The average molecular weight is 638 g/mol. The van der Waals surface area contributed by atoms with Crippen LogP contribution >= 0.6 is 12.6 Å². The molecule has 17 heteroatoms. The Kier molecular flexibility index (Phi) is 19.0. The zero-order valence-corrected chi connectivity index (χ0v) is 23.6. The number of alkyl halides is 9. The maximum Gasteiger partial charge on any atom is 0.460 e. The van der Waals surface area contributed by atoms with Gasteiger partial charge in [-0.05, 0) is 12.8 Å². The molecule has 2 amide bonds. The lowest BCUT2D eigenvalue weighted by Crippen LogP contribution is -2.60. The topological polar surface area (TPSA) is 103 Å².